The van der Waals surface area contributed by atoms with Crippen LogP contribution in [0.3, 0.4) is 0 Å². The van der Waals surface area contributed by atoms with E-state index >= 15 is 0 Å². The molecule has 0 radical (unpaired) electrons. The molecular formula is C34H20. The van der Waals surface area contributed by atoms with Crippen LogP contribution in [-0.2, 0) is 0 Å². The molecule has 0 spiro atoms. The quantitative estimate of drug-likeness (QED) is 0.173. The highest BCUT2D eigenvalue weighted by atomic mass is 14.2. The highest BCUT2D eigenvalue weighted by molar-refractivity contribution is 6.25. The van der Waals surface area contributed by atoms with Gasteiger partial charge in [-0.05, 0) is 93.9 Å². The Morgan fingerprint density at radius 3 is 1.68 bits per heavy atom. The lowest BCUT2D eigenvalue weighted by Gasteiger charge is -2.16. The molecule has 0 aliphatic rings. The Hall–Kier alpha value is -4.42. The van der Waals surface area contributed by atoms with Gasteiger partial charge in [-0.25, -0.2) is 0 Å². The lowest BCUT2D eigenvalue weighted by atomic mass is 9.87. The standard InChI is InChI=1S/C34H20/c1-3-10-28-21(6-1)16-17-30-31(28)20-24-7-2-4-11-29(24)34(30)27-18-25-14-12-22-8-5-9-23-13-15-26(19-27)33(25)32(22)23/h1-20H/i1D,2D,3D,4D,5D,6D,7D,8D,9D,10D,11D,12D,13D,14D,15D,16D,17D,18D,19D,20D. The maximum absolute atomic E-state index is 9.59. The van der Waals surface area contributed by atoms with Crippen molar-refractivity contribution in [3.63, 3.8) is 0 Å². The maximum atomic E-state index is 9.59. The van der Waals surface area contributed by atoms with Crippen molar-refractivity contribution in [1.29, 1.82) is 0 Å². The summed E-state index contributed by atoms with van der Waals surface area (Å²) in [5.74, 6) is 0. The minimum atomic E-state index is -0.815. The largest absolute Gasteiger partial charge is 0.0636 e. The van der Waals surface area contributed by atoms with E-state index in [4.69, 9.17) is 21.9 Å². The van der Waals surface area contributed by atoms with Crippen molar-refractivity contribution in [1.82, 2.24) is 0 Å². The molecule has 0 amide bonds. The Morgan fingerprint density at radius 1 is 0.353 bits per heavy atom. The van der Waals surface area contributed by atoms with E-state index in [0.717, 1.165) is 0 Å². The number of benzene rings is 8. The topological polar surface area (TPSA) is 0 Å². The highest BCUT2D eigenvalue weighted by Gasteiger charge is 2.15. The molecular weight excluding hydrogens is 408 g/mol. The summed E-state index contributed by atoms with van der Waals surface area (Å²) in [6.07, 6.45) is 0. The van der Waals surface area contributed by atoms with E-state index in [1.165, 1.54) is 0 Å². The second kappa shape index (κ2) is 6.56. The van der Waals surface area contributed by atoms with Gasteiger partial charge in [-0.3, -0.25) is 0 Å². The van der Waals surface area contributed by atoms with Crippen LogP contribution < -0.4 is 0 Å². The zero-order chi connectivity index (χ0) is 39.6. The minimum Gasteiger partial charge on any atom is -0.0616 e. The minimum absolute atomic E-state index is 0.170. The van der Waals surface area contributed by atoms with Crippen molar-refractivity contribution in [3.8, 4) is 11.1 Å². The van der Waals surface area contributed by atoms with Gasteiger partial charge in [-0.2, -0.15) is 0 Å². The second-order valence-electron chi connectivity index (χ2n) is 7.75. The van der Waals surface area contributed by atoms with E-state index in [-0.39, 0.29) is 21.5 Å². The Morgan fingerprint density at radius 2 is 0.912 bits per heavy atom. The first-order valence-corrected chi connectivity index (χ1v) is 10.2. The molecule has 0 saturated heterocycles. The molecule has 8 rings (SSSR count). The summed E-state index contributed by atoms with van der Waals surface area (Å²) in [6.45, 7) is 0. The zero-order valence-corrected chi connectivity index (χ0v) is 17.0. The van der Waals surface area contributed by atoms with Gasteiger partial charge in [0.05, 0.1) is 27.4 Å². The van der Waals surface area contributed by atoms with Crippen molar-refractivity contribution >= 4 is 64.6 Å². The number of hydrogen-bond acceptors (Lipinski definition) is 0. The molecule has 8 aromatic rings. The summed E-state index contributed by atoms with van der Waals surface area (Å²) in [7, 11) is 0. The third kappa shape index (κ3) is 2.37. The summed E-state index contributed by atoms with van der Waals surface area (Å²) < 4.78 is 177. The Labute approximate surface area is 225 Å². The van der Waals surface area contributed by atoms with Gasteiger partial charge in [-0.1, -0.05) is 103 Å². The second-order valence-corrected chi connectivity index (χ2v) is 7.75. The van der Waals surface area contributed by atoms with Crippen LogP contribution in [0.2, 0.25) is 0 Å². The molecule has 0 heterocycles. The van der Waals surface area contributed by atoms with Crippen LogP contribution in [0, 0.1) is 0 Å². The molecule has 0 atom stereocenters. The summed E-state index contributed by atoms with van der Waals surface area (Å²) >= 11 is 0. The molecule has 0 aliphatic carbocycles. The van der Waals surface area contributed by atoms with E-state index < -0.39 is 175 Å². The fourth-order valence-electron chi connectivity index (χ4n) is 4.50. The highest BCUT2D eigenvalue weighted by Crippen LogP contribution is 2.42. The average Bonchev–Trinajstić information content (AvgIpc) is 3.13. The first-order chi connectivity index (χ1) is 25.2. The molecule has 0 heteroatoms. The molecule has 0 N–H and O–H groups in total. The van der Waals surface area contributed by atoms with Crippen LogP contribution in [0.15, 0.2) is 121 Å². The third-order valence-corrected chi connectivity index (χ3v) is 5.94. The number of fused-ring (bicyclic) bond motifs is 4. The smallest absolute Gasteiger partial charge is 0.0616 e. The van der Waals surface area contributed by atoms with E-state index in [2.05, 4.69) is 0 Å². The van der Waals surface area contributed by atoms with Crippen LogP contribution in [0.1, 0.15) is 27.4 Å². The van der Waals surface area contributed by atoms with E-state index in [1.54, 1.807) is 0 Å². The van der Waals surface area contributed by atoms with Crippen molar-refractivity contribution < 1.29 is 27.4 Å². The zero-order valence-electron chi connectivity index (χ0n) is 37.0. The predicted molar refractivity (Wildman–Crippen MR) is 148 cm³/mol. The lowest BCUT2D eigenvalue weighted by molar-refractivity contribution is 1.73. The van der Waals surface area contributed by atoms with Gasteiger partial charge in [0, 0.05) is 0 Å². The van der Waals surface area contributed by atoms with Crippen molar-refractivity contribution in [2.24, 2.45) is 0 Å². The number of hydrogen-bond donors (Lipinski definition) is 0. The molecule has 156 valence electrons. The van der Waals surface area contributed by atoms with Gasteiger partial charge in [0.25, 0.3) is 0 Å². The SMILES string of the molecule is [2H]c1c([2H])c([2H])c2c([2H])c3c(c([2H])c([2H])c4c([2H])c([2H])c([2H])c([2H])c43)c(-c3c([2H])c4c([2H])c([2H])c5c([2H])c([2H])c([2H])c6c([2H])c([2H])c(c3[2H])c4c56)c2c1[2H]. The van der Waals surface area contributed by atoms with Crippen molar-refractivity contribution in [2.75, 3.05) is 0 Å². The van der Waals surface area contributed by atoms with Crippen LogP contribution in [0.5, 0.6) is 0 Å². The Balaban J connectivity index is 1.80. The summed E-state index contributed by atoms with van der Waals surface area (Å²) in [5, 5.41) is -4.70. The lowest BCUT2D eigenvalue weighted by Crippen LogP contribution is -1.89. The van der Waals surface area contributed by atoms with Crippen LogP contribution in [0.25, 0.3) is 75.8 Å². The van der Waals surface area contributed by atoms with Crippen LogP contribution >= 0.6 is 0 Å². The molecule has 8 aromatic carbocycles. The normalized spacial score (nSPS) is 20.4. The molecule has 0 aliphatic heterocycles. The summed E-state index contributed by atoms with van der Waals surface area (Å²) in [6, 6.07) is -14.5. The molecule has 0 unspecified atom stereocenters. The van der Waals surface area contributed by atoms with E-state index in [0.29, 0.717) is 0 Å². The van der Waals surface area contributed by atoms with Gasteiger partial charge in [-0.15, -0.1) is 0 Å². The molecule has 0 aromatic heterocycles. The van der Waals surface area contributed by atoms with Crippen LogP contribution in [0.4, 0.5) is 0 Å². The van der Waals surface area contributed by atoms with Crippen molar-refractivity contribution in [3.05, 3.63) is 121 Å². The number of rotatable bonds is 1. The Bertz CT molecular complexity index is 3060. The molecule has 0 nitrogen and oxygen atoms in total. The van der Waals surface area contributed by atoms with Crippen molar-refractivity contribution in [2.45, 2.75) is 0 Å². The monoisotopic (exact) mass is 448 g/mol. The van der Waals surface area contributed by atoms with Gasteiger partial charge in [0.2, 0.25) is 0 Å². The molecule has 34 heavy (non-hydrogen) atoms. The Kier molecular flexibility index (Phi) is 1.46. The van der Waals surface area contributed by atoms with Gasteiger partial charge < -0.3 is 0 Å². The fraction of sp³-hybridized carbons (Fsp3) is 0. The average molecular weight is 449 g/mol. The first-order valence-electron chi connectivity index (χ1n) is 20.2. The van der Waals surface area contributed by atoms with E-state index in [1.807, 2.05) is 0 Å². The fourth-order valence-corrected chi connectivity index (χ4v) is 4.50. The molecule has 0 bridgehead atoms. The van der Waals surface area contributed by atoms with Gasteiger partial charge in [0.1, 0.15) is 0 Å². The first kappa shape index (κ1) is 7.55. The van der Waals surface area contributed by atoms with E-state index in [9.17, 15) is 5.48 Å². The molecule has 0 saturated carbocycles. The maximum Gasteiger partial charge on any atom is 0.0636 e. The predicted octanol–water partition coefficient (Wildman–Crippen LogP) is 9.71. The van der Waals surface area contributed by atoms with Gasteiger partial charge >= 0.3 is 0 Å². The van der Waals surface area contributed by atoms with Gasteiger partial charge in [0.15, 0.2) is 0 Å². The summed E-state index contributed by atoms with van der Waals surface area (Å²) in [4.78, 5) is 0. The van der Waals surface area contributed by atoms with Crippen LogP contribution in [-0.4, -0.2) is 0 Å². The summed E-state index contributed by atoms with van der Waals surface area (Å²) in [5.41, 5.74) is -1.10. The third-order valence-electron chi connectivity index (χ3n) is 5.94. The molecule has 0 fully saturated rings.